The summed E-state index contributed by atoms with van der Waals surface area (Å²) in [7, 11) is 0. The van der Waals surface area contributed by atoms with Gasteiger partial charge in [-0.1, -0.05) is 30.3 Å². The summed E-state index contributed by atoms with van der Waals surface area (Å²) < 4.78 is 0. The Morgan fingerprint density at radius 1 is 1.18 bits per heavy atom. The third-order valence-corrected chi connectivity index (χ3v) is 2.08. The minimum atomic E-state index is 0. The fourth-order valence-electron chi connectivity index (χ4n) is 0.764. The van der Waals surface area contributed by atoms with Crippen molar-refractivity contribution in [3.63, 3.8) is 0 Å². The van der Waals surface area contributed by atoms with E-state index < -0.39 is 0 Å². The topological polar surface area (TPSA) is 0 Å². The van der Waals surface area contributed by atoms with E-state index in [1.165, 1.54) is 5.56 Å². The van der Waals surface area contributed by atoms with Crippen molar-refractivity contribution < 1.29 is 0 Å². The average Bonchev–Trinajstić information content (AvgIpc) is 2.03. The number of hydrogen-bond acceptors (Lipinski definition) is 1. The summed E-state index contributed by atoms with van der Waals surface area (Å²) in [6, 6.07) is 10.5. The molecule has 55 valence electrons. The van der Waals surface area contributed by atoms with Gasteiger partial charge in [-0.25, -0.2) is 0 Å². The second-order valence-electron chi connectivity index (χ2n) is 2.04. The first kappa shape index (κ1) is 11.2. The molecule has 0 atom stereocenters. The molecule has 0 fully saturated rings. The third kappa shape index (κ3) is 4.58. The molecular formula is C9H12LiS. The van der Waals surface area contributed by atoms with Crippen LogP contribution in [0, 0.1) is 6.92 Å². The SMILES string of the molecule is [CH2]CSCc1ccccc1.[LiH]. The second kappa shape index (κ2) is 6.85. The molecule has 11 heavy (non-hydrogen) atoms. The zero-order valence-corrected chi connectivity index (χ0v) is 6.73. The molecule has 1 aromatic rings. The molecule has 0 N–H and O–H groups in total. The summed E-state index contributed by atoms with van der Waals surface area (Å²) in [5.74, 6) is 2.04. The van der Waals surface area contributed by atoms with Crippen LogP contribution in [-0.2, 0) is 5.75 Å². The average molecular weight is 159 g/mol. The first-order chi connectivity index (χ1) is 4.93. The van der Waals surface area contributed by atoms with Gasteiger partial charge in [0, 0.05) is 5.75 Å². The first-order valence-electron chi connectivity index (χ1n) is 3.34. The summed E-state index contributed by atoms with van der Waals surface area (Å²) in [4.78, 5) is 0. The number of rotatable bonds is 3. The Bertz CT molecular complexity index is 174. The molecule has 0 nitrogen and oxygen atoms in total. The van der Waals surface area contributed by atoms with Crippen molar-refractivity contribution in [2.45, 2.75) is 5.75 Å². The van der Waals surface area contributed by atoms with Gasteiger partial charge in [0.05, 0.1) is 0 Å². The minimum absolute atomic E-state index is 0. The van der Waals surface area contributed by atoms with E-state index in [4.69, 9.17) is 0 Å². The molecule has 1 aromatic carbocycles. The Labute approximate surface area is 84.9 Å². The van der Waals surface area contributed by atoms with Crippen molar-refractivity contribution in [3.05, 3.63) is 42.8 Å². The van der Waals surface area contributed by atoms with Crippen molar-refractivity contribution >= 4 is 30.6 Å². The predicted molar refractivity (Wildman–Crippen MR) is 55.1 cm³/mol. The number of thioether (sulfide) groups is 1. The van der Waals surface area contributed by atoms with Crippen molar-refractivity contribution in [2.24, 2.45) is 0 Å². The second-order valence-corrected chi connectivity index (χ2v) is 3.14. The Balaban J connectivity index is 0.000001000. The summed E-state index contributed by atoms with van der Waals surface area (Å²) >= 11 is 1.85. The van der Waals surface area contributed by atoms with E-state index in [-0.39, 0.29) is 18.9 Å². The van der Waals surface area contributed by atoms with Crippen molar-refractivity contribution in [2.75, 3.05) is 5.75 Å². The molecule has 0 heterocycles. The summed E-state index contributed by atoms with van der Waals surface area (Å²) in [6.07, 6.45) is 0. The van der Waals surface area contributed by atoms with Crippen molar-refractivity contribution in [1.29, 1.82) is 0 Å². The van der Waals surface area contributed by atoms with E-state index in [9.17, 15) is 0 Å². The molecule has 2 heteroatoms. The molecule has 1 rings (SSSR count). The molecule has 0 unspecified atom stereocenters. The zero-order valence-electron chi connectivity index (χ0n) is 5.92. The van der Waals surface area contributed by atoms with Gasteiger partial charge < -0.3 is 0 Å². The van der Waals surface area contributed by atoms with Crippen LogP contribution in [0.25, 0.3) is 0 Å². The Hall–Kier alpha value is 0.167. The van der Waals surface area contributed by atoms with Gasteiger partial charge in [-0.3, -0.25) is 0 Å². The fourth-order valence-corrected chi connectivity index (χ4v) is 1.34. The Morgan fingerprint density at radius 3 is 2.36 bits per heavy atom. The van der Waals surface area contributed by atoms with Gasteiger partial charge >= 0.3 is 18.9 Å². The van der Waals surface area contributed by atoms with Crippen LogP contribution in [0.4, 0.5) is 0 Å². The van der Waals surface area contributed by atoms with E-state index in [2.05, 4.69) is 31.2 Å². The van der Waals surface area contributed by atoms with E-state index in [0.717, 1.165) is 11.5 Å². The predicted octanol–water partition coefficient (Wildman–Crippen LogP) is 2.11. The van der Waals surface area contributed by atoms with Gasteiger partial charge in [0.1, 0.15) is 0 Å². The van der Waals surface area contributed by atoms with Crippen LogP contribution in [0.1, 0.15) is 5.56 Å². The summed E-state index contributed by atoms with van der Waals surface area (Å²) in [5, 5.41) is 0. The normalized spacial score (nSPS) is 8.82. The van der Waals surface area contributed by atoms with E-state index >= 15 is 0 Å². The van der Waals surface area contributed by atoms with Gasteiger partial charge in [-0.05, 0) is 18.2 Å². The van der Waals surface area contributed by atoms with E-state index in [1.54, 1.807) is 0 Å². The van der Waals surface area contributed by atoms with Crippen LogP contribution >= 0.6 is 11.8 Å². The maximum atomic E-state index is 3.76. The molecule has 1 radical (unpaired) electrons. The monoisotopic (exact) mass is 159 g/mol. The van der Waals surface area contributed by atoms with Gasteiger partial charge in [-0.2, -0.15) is 11.8 Å². The van der Waals surface area contributed by atoms with Crippen LogP contribution in [0.3, 0.4) is 0 Å². The van der Waals surface area contributed by atoms with Gasteiger partial charge in [0.2, 0.25) is 0 Å². The quantitative estimate of drug-likeness (QED) is 0.609. The summed E-state index contributed by atoms with van der Waals surface area (Å²) in [6.45, 7) is 3.76. The number of benzene rings is 1. The first-order valence-corrected chi connectivity index (χ1v) is 4.50. The van der Waals surface area contributed by atoms with Crippen LogP contribution in [0.5, 0.6) is 0 Å². The van der Waals surface area contributed by atoms with Crippen molar-refractivity contribution in [3.8, 4) is 0 Å². The van der Waals surface area contributed by atoms with Gasteiger partial charge in [0.25, 0.3) is 0 Å². The molecule has 0 saturated heterocycles. The summed E-state index contributed by atoms with van der Waals surface area (Å²) in [5.41, 5.74) is 1.39. The Morgan fingerprint density at radius 2 is 1.82 bits per heavy atom. The van der Waals surface area contributed by atoms with Crippen LogP contribution in [0.15, 0.2) is 30.3 Å². The molecule has 0 saturated carbocycles. The molecule has 0 amide bonds. The van der Waals surface area contributed by atoms with Gasteiger partial charge in [0.15, 0.2) is 0 Å². The van der Waals surface area contributed by atoms with Crippen LogP contribution in [-0.4, -0.2) is 24.6 Å². The molecule has 0 bridgehead atoms. The molecule has 0 aliphatic heterocycles. The zero-order chi connectivity index (χ0) is 7.23. The molecule has 0 aromatic heterocycles. The van der Waals surface area contributed by atoms with E-state index in [0.29, 0.717) is 0 Å². The maximum absolute atomic E-state index is 3.76. The fraction of sp³-hybridized carbons (Fsp3) is 0.222. The van der Waals surface area contributed by atoms with Crippen molar-refractivity contribution in [1.82, 2.24) is 0 Å². The Kier molecular flexibility index (Phi) is 6.96. The molecule has 0 aliphatic carbocycles. The standard InChI is InChI=1S/C9H11S.Li.H/c1-2-10-8-9-6-4-3-5-7-9;;/h3-7H,1-2,8H2;;. The van der Waals surface area contributed by atoms with Crippen LogP contribution < -0.4 is 0 Å². The third-order valence-electron chi connectivity index (χ3n) is 1.26. The van der Waals surface area contributed by atoms with Gasteiger partial charge in [-0.15, -0.1) is 0 Å². The molecule has 0 spiro atoms. The molecular weight excluding hydrogens is 147 g/mol. The van der Waals surface area contributed by atoms with E-state index in [1.807, 2.05) is 17.8 Å². The number of hydrogen-bond donors (Lipinski definition) is 0. The van der Waals surface area contributed by atoms with Crippen LogP contribution in [0.2, 0.25) is 0 Å². The molecule has 0 aliphatic rings.